The van der Waals surface area contributed by atoms with E-state index in [0.29, 0.717) is 15.6 Å². The molecule has 0 fully saturated rings. The summed E-state index contributed by atoms with van der Waals surface area (Å²) in [6, 6.07) is 9.05. The summed E-state index contributed by atoms with van der Waals surface area (Å²) in [5, 5.41) is 4.17. The zero-order valence-electron chi connectivity index (χ0n) is 11.3. The molecule has 2 heterocycles. The van der Waals surface area contributed by atoms with Crippen LogP contribution in [0.4, 0.5) is 0 Å². The van der Waals surface area contributed by atoms with Gasteiger partial charge in [0.15, 0.2) is 11.9 Å². The Morgan fingerprint density at radius 3 is 2.81 bits per heavy atom. The predicted molar refractivity (Wildman–Crippen MR) is 87.5 cm³/mol. The van der Waals surface area contributed by atoms with E-state index in [4.69, 9.17) is 23.2 Å². The first-order valence-corrected chi connectivity index (χ1v) is 8.04. The SMILES string of the molecule is Cc1c2sccc2cc[n+]1CC(=O)c1ccc(Cl)cc1Cl. The van der Waals surface area contributed by atoms with Crippen LogP contribution in [-0.4, -0.2) is 5.78 Å². The minimum Gasteiger partial charge on any atom is -0.287 e. The number of hydrogen-bond donors (Lipinski definition) is 0. The monoisotopic (exact) mass is 336 g/mol. The van der Waals surface area contributed by atoms with Crippen molar-refractivity contribution in [3.63, 3.8) is 0 Å². The van der Waals surface area contributed by atoms with Gasteiger partial charge in [0.1, 0.15) is 4.70 Å². The summed E-state index contributed by atoms with van der Waals surface area (Å²) in [6.07, 6.45) is 1.94. The second-order valence-electron chi connectivity index (χ2n) is 4.78. The van der Waals surface area contributed by atoms with Crippen LogP contribution in [0.5, 0.6) is 0 Å². The molecule has 21 heavy (non-hydrogen) atoms. The predicted octanol–water partition coefficient (Wildman–Crippen LogP) is 4.69. The van der Waals surface area contributed by atoms with Gasteiger partial charge in [0.25, 0.3) is 0 Å². The first kappa shape index (κ1) is 14.5. The molecule has 0 unspecified atom stereocenters. The third-order valence-electron chi connectivity index (χ3n) is 3.43. The van der Waals surface area contributed by atoms with Crippen LogP contribution in [-0.2, 0) is 6.54 Å². The van der Waals surface area contributed by atoms with Crippen molar-refractivity contribution in [2.45, 2.75) is 13.5 Å². The molecular weight excluding hydrogens is 325 g/mol. The summed E-state index contributed by atoms with van der Waals surface area (Å²) in [4.78, 5) is 12.4. The minimum absolute atomic E-state index is 0.0272. The minimum atomic E-state index is -0.0272. The number of aromatic nitrogens is 1. The Bertz CT molecular complexity index is 841. The number of rotatable bonds is 3. The Kier molecular flexibility index (Phi) is 3.98. The lowest BCUT2D eigenvalue weighted by molar-refractivity contribution is -0.687. The van der Waals surface area contributed by atoms with Crippen LogP contribution in [0.3, 0.4) is 0 Å². The molecule has 0 amide bonds. The third-order valence-corrected chi connectivity index (χ3v) is 5.02. The maximum Gasteiger partial charge on any atom is 0.229 e. The van der Waals surface area contributed by atoms with E-state index in [2.05, 4.69) is 11.4 Å². The van der Waals surface area contributed by atoms with Crippen molar-refractivity contribution in [3.8, 4) is 0 Å². The number of carbonyl (C=O) groups excluding carboxylic acids is 1. The molecule has 1 aromatic carbocycles. The lowest BCUT2D eigenvalue weighted by atomic mass is 10.1. The Hall–Kier alpha value is -1.42. The van der Waals surface area contributed by atoms with Gasteiger partial charge >= 0.3 is 0 Å². The summed E-state index contributed by atoms with van der Waals surface area (Å²) in [7, 11) is 0. The molecule has 0 atom stereocenters. The number of pyridine rings is 1. The van der Waals surface area contributed by atoms with E-state index in [1.807, 2.05) is 23.8 Å². The third kappa shape index (κ3) is 2.82. The Balaban J connectivity index is 1.94. The van der Waals surface area contributed by atoms with E-state index in [1.165, 1.54) is 10.1 Å². The second kappa shape index (κ2) is 5.76. The average Bonchev–Trinajstić information content (AvgIpc) is 2.91. The molecule has 0 N–H and O–H groups in total. The molecule has 0 saturated carbocycles. The maximum absolute atomic E-state index is 12.4. The van der Waals surface area contributed by atoms with E-state index in [1.54, 1.807) is 29.5 Å². The van der Waals surface area contributed by atoms with Crippen LogP contribution < -0.4 is 4.57 Å². The van der Waals surface area contributed by atoms with Crippen LogP contribution in [0.25, 0.3) is 10.1 Å². The van der Waals surface area contributed by atoms with E-state index in [9.17, 15) is 4.79 Å². The van der Waals surface area contributed by atoms with Crippen LogP contribution in [0, 0.1) is 6.92 Å². The van der Waals surface area contributed by atoms with Crippen molar-refractivity contribution >= 4 is 50.4 Å². The summed E-state index contributed by atoms with van der Waals surface area (Å²) in [5.41, 5.74) is 1.58. The van der Waals surface area contributed by atoms with Crippen LogP contribution in [0.15, 0.2) is 41.9 Å². The van der Waals surface area contributed by atoms with Crippen LogP contribution in [0.1, 0.15) is 16.1 Å². The number of ketones is 1. The Morgan fingerprint density at radius 2 is 2.05 bits per heavy atom. The largest absolute Gasteiger partial charge is 0.287 e. The van der Waals surface area contributed by atoms with E-state index >= 15 is 0 Å². The summed E-state index contributed by atoms with van der Waals surface area (Å²) < 4.78 is 3.15. The standard InChI is InChI=1S/C16H12Cl2NOS/c1-10-16-11(5-7-21-16)4-6-19(10)9-15(20)13-3-2-12(17)8-14(13)18/h2-8H,9H2,1H3/q+1. The number of nitrogens with zero attached hydrogens (tertiary/aromatic N) is 1. The summed E-state index contributed by atoms with van der Waals surface area (Å²) in [6.45, 7) is 2.29. The van der Waals surface area contributed by atoms with Gasteiger partial charge in [-0.1, -0.05) is 23.2 Å². The number of hydrogen-bond acceptors (Lipinski definition) is 2. The molecule has 0 aliphatic rings. The molecule has 3 rings (SSSR count). The van der Waals surface area contributed by atoms with E-state index < -0.39 is 0 Å². The lowest BCUT2D eigenvalue weighted by Crippen LogP contribution is -2.40. The highest BCUT2D eigenvalue weighted by Crippen LogP contribution is 2.23. The first-order valence-electron chi connectivity index (χ1n) is 6.41. The molecule has 106 valence electrons. The highest BCUT2D eigenvalue weighted by molar-refractivity contribution is 7.17. The fourth-order valence-corrected chi connectivity index (χ4v) is 3.71. The first-order chi connectivity index (χ1) is 10.1. The van der Waals surface area contributed by atoms with Gasteiger partial charge in [-0.25, -0.2) is 0 Å². The Labute approximate surface area is 136 Å². The second-order valence-corrected chi connectivity index (χ2v) is 6.54. The van der Waals surface area contributed by atoms with Crippen molar-refractivity contribution in [2.75, 3.05) is 0 Å². The Morgan fingerprint density at radius 1 is 1.24 bits per heavy atom. The highest BCUT2D eigenvalue weighted by Gasteiger charge is 2.19. The summed E-state index contributed by atoms with van der Waals surface area (Å²) in [5.74, 6) is -0.0272. The fraction of sp³-hybridized carbons (Fsp3) is 0.125. The van der Waals surface area contributed by atoms with Crippen molar-refractivity contribution in [1.82, 2.24) is 0 Å². The topological polar surface area (TPSA) is 20.9 Å². The number of halogens is 2. The molecule has 0 spiro atoms. The number of fused-ring (bicyclic) bond motifs is 1. The summed E-state index contributed by atoms with van der Waals surface area (Å²) >= 11 is 13.6. The van der Waals surface area contributed by atoms with Crippen molar-refractivity contribution < 1.29 is 9.36 Å². The number of Topliss-reactive ketones (excluding diaryl/α,β-unsaturated/α-hetero) is 1. The smallest absolute Gasteiger partial charge is 0.229 e. The van der Waals surface area contributed by atoms with Crippen LogP contribution in [0.2, 0.25) is 10.0 Å². The van der Waals surface area contributed by atoms with Gasteiger partial charge in [-0.05, 0) is 29.6 Å². The van der Waals surface area contributed by atoms with Crippen LogP contribution >= 0.6 is 34.5 Å². The molecule has 0 bridgehead atoms. The normalized spacial score (nSPS) is 11.0. The van der Waals surface area contributed by atoms with Crippen molar-refractivity contribution in [1.29, 1.82) is 0 Å². The van der Waals surface area contributed by atoms with Gasteiger partial charge in [0.05, 0.1) is 5.02 Å². The van der Waals surface area contributed by atoms with Gasteiger partial charge < -0.3 is 0 Å². The van der Waals surface area contributed by atoms with Gasteiger partial charge in [0.2, 0.25) is 12.3 Å². The fourth-order valence-electron chi connectivity index (χ4n) is 2.28. The lowest BCUT2D eigenvalue weighted by Gasteiger charge is -2.04. The highest BCUT2D eigenvalue weighted by atomic mass is 35.5. The van der Waals surface area contributed by atoms with E-state index in [-0.39, 0.29) is 12.3 Å². The molecule has 3 aromatic rings. The number of carbonyl (C=O) groups is 1. The quantitative estimate of drug-likeness (QED) is 0.502. The molecular formula is C16H12Cl2NOS+. The zero-order valence-corrected chi connectivity index (χ0v) is 13.6. The molecule has 0 aliphatic carbocycles. The van der Waals surface area contributed by atoms with Gasteiger partial charge in [0, 0.05) is 29.0 Å². The van der Waals surface area contributed by atoms with E-state index in [0.717, 1.165) is 5.69 Å². The maximum atomic E-state index is 12.4. The molecule has 0 aliphatic heterocycles. The zero-order chi connectivity index (χ0) is 15.0. The molecule has 0 saturated heterocycles. The number of thiophene rings is 1. The van der Waals surface area contributed by atoms with Gasteiger partial charge in [-0.15, -0.1) is 11.3 Å². The molecule has 2 nitrogen and oxygen atoms in total. The van der Waals surface area contributed by atoms with Crippen molar-refractivity contribution in [3.05, 3.63) is 63.2 Å². The molecule has 2 aromatic heterocycles. The van der Waals surface area contributed by atoms with Crippen molar-refractivity contribution in [2.24, 2.45) is 0 Å². The van der Waals surface area contributed by atoms with Gasteiger partial charge in [-0.3, -0.25) is 4.79 Å². The number of aryl methyl sites for hydroxylation is 1. The van der Waals surface area contributed by atoms with Gasteiger partial charge in [-0.2, -0.15) is 4.57 Å². The molecule has 0 radical (unpaired) electrons. The molecule has 5 heteroatoms. The number of benzene rings is 1. The average molecular weight is 337 g/mol.